The molecule has 5 rings (SSSR count). The monoisotopic (exact) mass is 472 g/mol. The number of fused-ring (bicyclic) bond motifs is 3. The summed E-state index contributed by atoms with van der Waals surface area (Å²) in [5.74, 6) is 0.876. The van der Waals surface area contributed by atoms with E-state index in [0.29, 0.717) is 23.8 Å². The van der Waals surface area contributed by atoms with Crippen molar-refractivity contribution in [2.45, 2.75) is 63.6 Å². The molecule has 2 aromatic rings. The van der Waals surface area contributed by atoms with Crippen molar-refractivity contribution < 1.29 is 23.9 Å². The average Bonchev–Trinajstić information content (AvgIpc) is 3.39. The number of aliphatic hydroxyl groups is 1. The highest BCUT2D eigenvalue weighted by Crippen LogP contribution is 2.38. The molecule has 2 atom stereocenters. The summed E-state index contributed by atoms with van der Waals surface area (Å²) < 4.78 is 13.0. The highest BCUT2D eigenvalue weighted by atomic mass is 32.1. The summed E-state index contributed by atoms with van der Waals surface area (Å²) in [5, 5.41) is 13.3. The maximum absolute atomic E-state index is 13.3. The summed E-state index contributed by atoms with van der Waals surface area (Å²) in [6.45, 7) is 7.03. The Morgan fingerprint density at radius 3 is 2.61 bits per heavy atom. The number of unbranched alkanes of at least 4 members (excludes halogenated alkanes) is 2. The van der Waals surface area contributed by atoms with Crippen molar-refractivity contribution in [1.82, 2.24) is 0 Å². The van der Waals surface area contributed by atoms with Gasteiger partial charge >= 0.3 is 5.97 Å². The Hall–Kier alpha value is -1.89. The lowest BCUT2D eigenvalue weighted by atomic mass is 9.83. The first-order valence-corrected chi connectivity index (χ1v) is 13.4. The van der Waals surface area contributed by atoms with E-state index in [4.69, 9.17) is 9.47 Å². The van der Waals surface area contributed by atoms with Crippen LogP contribution in [-0.2, 0) is 15.1 Å². The fourth-order valence-electron chi connectivity index (χ4n) is 5.48. The second-order valence-electron chi connectivity index (χ2n) is 9.79. The normalized spacial score (nSPS) is 26.0. The first kappa shape index (κ1) is 24.2. The van der Waals surface area contributed by atoms with Gasteiger partial charge in [0.15, 0.2) is 11.7 Å². The number of nitrogens with zero attached hydrogens (tertiary/aromatic N) is 1. The molecular formula is C27H38NO4S+. The van der Waals surface area contributed by atoms with Crippen molar-refractivity contribution >= 4 is 17.3 Å². The lowest BCUT2D eigenvalue weighted by Crippen LogP contribution is -2.65. The number of hydrogen-bond donors (Lipinski definition) is 1. The van der Waals surface area contributed by atoms with Gasteiger partial charge in [-0.3, -0.25) is 0 Å². The van der Waals surface area contributed by atoms with Crippen molar-refractivity contribution in [2.75, 3.05) is 32.8 Å². The Labute approximate surface area is 201 Å². The van der Waals surface area contributed by atoms with Crippen molar-refractivity contribution in [3.05, 3.63) is 52.7 Å². The third kappa shape index (κ3) is 5.79. The molecule has 0 radical (unpaired) electrons. The summed E-state index contributed by atoms with van der Waals surface area (Å²) in [5.41, 5.74) is -1.52. The zero-order valence-corrected chi connectivity index (χ0v) is 20.6. The molecule has 2 bridgehead atoms. The molecule has 180 valence electrons. The zero-order valence-electron chi connectivity index (χ0n) is 19.8. The van der Waals surface area contributed by atoms with Gasteiger partial charge in [-0.25, -0.2) is 4.79 Å². The van der Waals surface area contributed by atoms with Crippen LogP contribution in [0.4, 0.5) is 0 Å². The minimum Gasteiger partial charge on any atom is -0.493 e. The largest absolute Gasteiger partial charge is 0.493 e. The second kappa shape index (κ2) is 11.0. The maximum atomic E-state index is 13.3. The van der Waals surface area contributed by atoms with Gasteiger partial charge in [-0.05, 0) is 36.4 Å². The average molecular weight is 473 g/mol. The molecule has 6 heteroatoms. The van der Waals surface area contributed by atoms with E-state index in [1.807, 2.05) is 47.8 Å². The lowest BCUT2D eigenvalue weighted by Gasteiger charge is -2.52. The van der Waals surface area contributed by atoms with Gasteiger partial charge in [-0.1, -0.05) is 44.0 Å². The van der Waals surface area contributed by atoms with Crippen molar-refractivity contribution in [3.8, 4) is 5.75 Å². The number of esters is 1. The Balaban J connectivity index is 1.35. The molecule has 1 N–H and O–H groups in total. The first-order valence-electron chi connectivity index (χ1n) is 12.5. The van der Waals surface area contributed by atoms with Crippen LogP contribution in [-0.4, -0.2) is 54.4 Å². The molecule has 3 aliphatic rings. The van der Waals surface area contributed by atoms with Crippen molar-refractivity contribution in [2.24, 2.45) is 5.92 Å². The number of hydrogen-bond acceptors (Lipinski definition) is 5. The van der Waals surface area contributed by atoms with Gasteiger partial charge in [0.1, 0.15) is 12.3 Å². The molecule has 4 heterocycles. The van der Waals surface area contributed by atoms with E-state index in [1.165, 1.54) is 11.3 Å². The highest BCUT2D eigenvalue weighted by molar-refractivity contribution is 7.10. The first-order chi connectivity index (χ1) is 16.0. The lowest BCUT2D eigenvalue weighted by molar-refractivity contribution is -0.946. The van der Waals surface area contributed by atoms with Crippen LogP contribution in [0, 0.1) is 5.92 Å². The number of benzene rings is 1. The quantitative estimate of drug-likeness (QED) is 0.264. The smallest absolute Gasteiger partial charge is 0.344 e. The number of piperidine rings is 3. The molecule has 3 aliphatic heterocycles. The molecule has 1 aromatic carbocycles. The minimum atomic E-state index is -1.52. The third-order valence-electron chi connectivity index (χ3n) is 7.50. The topological polar surface area (TPSA) is 55.8 Å². The highest BCUT2D eigenvalue weighted by Gasteiger charge is 2.49. The van der Waals surface area contributed by atoms with E-state index in [0.717, 1.165) is 74.9 Å². The summed E-state index contributed by atoms with van der Waals surface area (Å²) >= 11 is 1.44. The SMILES string of the molecule is CCCCCC(O)(C(=O)O[C@@H]1C[N+]2(CCCOc3ccccc3)CCC1CC2)c1cccs1. The number of carbonyl (C=O) groups excluding carboxylic acids is 1. The van der Waals surface area contributed by atoms with Crippen LogP contribution >= 0.6 is 11.3 Å². The molecule has 33 heavy (non-hydrogen) atoms. The Bertz CT molecular complexity index is 864. The molecule has 5 nitrogen and oxygen atoms in total. The Morgan fingerprint density at radius 1 is 1.12 bits per heavy atom. The molecular weight excluding hydrogens is 434 g/mol. The fourth-order valence-corrected chi connectivity index (χ4v) is 6.32. The van der Waals surface area contributed by atoms with Crippen LogP contribution in [0.3, 0.4) is 0 Å². The van der Waals surface area contributed by atoms with E-state index in [2.05, 4.69) is 6.92 Å². The van der Waals surface area contributed by atoms with Crippen molar-refractivity contribution in [1.29, 1.82) is 0 Å². The van der Waals surface area contributed by atoms with E-state index in [1.54, 1.807) is 0 Å². The Kier molecular flexibility index (Phi) is 8.10. The van der Waals surface area contributed by atoms with Crippen LogP contribution in [0.1, 0.15) is 56.7 Å². The van der Waals surface area contributed by atoms with Gasteiger partial charge in [0, 0.05) is 30.1 Å². The standard InChI is InChI=1S/C27H38NO4S/c1-2-3-7-15-27(30,25-12-8-20-33-25)26(29)32-24-21-28(17-13-22(24)14-18-28)16-9-19-31-23-10-5-4-6-11-23/h4-6,8,10-12,20,22,24,30H,2-3,7,9,13-19,21H2,1H3/q+1/t22?,24-,27?,28?/m1/s1. The van der Waals surface area contributed by atoms with Crippen LogP contribution in [0.5, 0.6) is 5.75 Å². The van der Waals surface area contributed by atoms with Crippen LogP contribution in [0.25, 0.3) is 0 Å². The van der Waals surface area contributed by atoms with Crippen LogP contribution < -0.4 is 4.74 Å². The van der Waals surface area contributed by atoms with Crippen LogP contribution in [0.15, 0.2) is 47.8 Å². The number of quaternary nitrogens is 1. The summed E-state index contributed by atoms with van der Waals surface area (Å²) in [4.78, 5) is 14.0. The molecule has 0 spiro atoms. The molecule has 0 aliphatic carbocycles. The van der Waals surface area contributed by atoms with E-state index in [9.17, 15) is 9.90 Å². The number of rotatable bonds is 12. The summed E-state index contributed by atoms with van der Waals surface area (Å²) in [7, 11) is 0. The zero-order chi connectivity index (χ0) is 23.2. The fraction of sp³-hybridized carbons (Fsp3) is 0.593. The number of carbonyl (C=O) groups is 1. The molecule has 0 saturated carbocycles. The molecule has 1 aromatic heterocycles. The van der Waals surface area contributed by atoms with E-state index in [-0.39, 0.29) is 6.10 Å². The molecule has 3 saturated heterocycles. The van der Waals surface area contributed by atoms with Gasteiger partial charge in [-0.2, -0.15) is 0 Å². The predicted molar refractivity (Wildman–Crippen MR) is 131 cm³/mol. The molecule has 3 fully saturated rings. The predicted octanol–water partition coefficient (Wildman–Crippen LogP) is 5.14. The van der Waals surface area contributed by atoms with Gasteiger partial charge in [0.05, 0.1) is 26.2 Å². The number of ether oxygens (including phenoxy) is 2. The van der Waals surface area contributed by atoms with Gasteiger partial charge in [0.2, 0.25) is 0 Å². The number of para-hydroxylation sites is 1. The Morgan fingerprint density at radius 2 is 1.91 bits per heavy atom. The number of thiophene rings is 1. The minimum absolute atomic E-state index is 0.104. The summed E-state index contributed by atoms with van der Waals surface area (Å²) in [6.07, 6.45) is 6.34. The maximum Gasteiger partial charge on any atom is 0.344 e. The third-order valence-corrected chi connectivity index (χ3v) is 8.52. The van der Waals surface area contributed by atoms with E-state index < -0.39 is 11.6 Å². The van der Waals surface area contributed by atoms with Gasteiger partial charge in [-0.15, -0.1) is 11.3 Å². The second-order valence-corrected chi connectivity index (χ2v) is 10.7. The molecule has 1 unspecified atom stereocenters. The molecule has 0 amide bonds. The summed E-state index contributed by atoms with van der Waals surface area (Å²) in [6, 6.07) is 13.7. The van der Waals surface area contributed by atoms with E-state index >= 15 is 0 Å². The van der Waals surface area contributed by atoms with Gasteiger partial charge in [0.25, 0.3) is 0 Å². The van der Waals surface area contributed by atoms with Gasteiger partial charge < -0.3 is 19.1 Å². The van der Waals surface area contributed by atoms with Crippen molar-refractivity contribution in [3.63, 3.8) is 0 Å². The van der Waals surface area contributed by atoms with Crippen LogP contribution in [0.2, 0.25) is 0 Å².